The van der Waals surface area contributed by atoms with Crippen LogP contribution in [0.25, 0.3) is 16.9 Å². The maximum Gasteiger partial charge on any atom is 0.418 e. The lowest BCUT2D eigenvalue weighted by molar-refractivity contribution is -0.136. The number of benzene rings is 1. The molecule has 0 spiro atoms. The van der Waals surface area contributed by atoms with Crippen molar-refractivity contribution in [3.63, 3.8) is 0 Å². The molecule has 0 bridgehead atoms. The summed E-state index contributed by atoms with van der Waals surface area (Å²) in [6.07, 6.45) is 0.0882. The van der Waals surface area contributed by atoms with Crippen LogP contribution in [0.1, 0.15) is 28.5 Å². The first-order valence-corrected chi connectivity index (χ1v) is 9.14. The van der Waals surface area contributed by atoms with Gasteiger partial charge in [0.05, 0.1) is 28.8 Å². The summed E-state index contributed by atoms with van der Waals surface area (Å²) in [5.41, 5.74) is 1.32. The van der Waals surface area contributed by atoms with Gasteiger partial charge in [-0.2, -0.15) is 23.4 Å². The van der Waals surface area contributed by atoms with Gasteiger partial charge in [-0.15, -0.1) is 0 Å². The number of rotatable bonds is 4. The number of nitrogens with zero attached hydrogens (tertiary/aromatic N) is 5. The number of anilines is 1. The highest BCUT2D eigenvalue weighted by molar-refractivity contribution is 6.08. The molecule has 0 aliphatic carbocycles. The summed E-state index contributed by atoms with van der Waals surface area (Å²) in [6.45, 7) is 4.52. The lowest BCUT2D eigenvalue weighted by Gasteiger charge is -2.13. The zero-order valence-corrected chi connectivity index (χ0v) is 16.1. The van der Waals surface area contributed by atoms with Crippen LogP contribution < -0.4 is 5.32 Å². The van der Waals surface area contributed by atoms with E-state index in [1.165, 1.54) is 35.1 Å². The van der Waals surface area contributed by atoms with Crippen LogP contribution in [0.15, 0.2) is 48.9 Å². The molecule has 0 saturated heterocycles. The van der Waals surface area contributed by atoms with E-state index in [1.807, 2.05) is 20.0 Å². The predicted molar refractivity (Wildman–Crippen MR) is 104 cm³/mol. The average molecular weight is 414 g/mol. The summed E-state index contributed by atoms with van der Waals surface area (Å²) in [6, 6.07) is 6.54. The van der Waals surface area contributed by atoms with E-state index in [-0.39, 0.29) is 16.9 Å². The van der Waals surface area contributed by atoms with Crippen molar-refractivity contribution in [3.8, 4) is 11.3 Å². The van der Waals surface area contributed by atoms with Gasteiger partial charge < -0.3 is 5.32 Å². The first-order chi connectivity index (χ1) is 14.3. The zero-order chi connectivity index (χ0) is 21.5. The van der Waals surface area contributed by atoms with Gasteiger partial charge in [-0.05, 0) is 32.0 Å². The molecule has 0 fully saturated rings. The highest BCUT2D eigenvalue weighted by Gasteiger charge is 2.33. The molecular formula is C20H17F3N6O. The Hall–Kier alpha value is -3.69. The molecule has 3 aromatic heterocycles. The molecule has 0 aliphatic rings. The Morgan fingerprint density at radius 3 is 2.67 bits per heavy atom. The van der Waals surface area contributed by atoms with Crippen molar-refractivity contribution in [1.29, 1.82) is 0 Å². The Kier molecular flexibility index (Phi) is 4.76. The minimum Gasteiger partial charge on any atom is -0.321 e. The van der Waals surface area contributed by atoms with Crippen molar-refractivity contribution >= 4 is 17.2 Å². The molecule has 1 amide bonds. The van der Waals surface area contributed by atoms with Crippen LogP contribution in [0.4, 0.5) is 18.9 Å². The molecule has 4 rings (SSSR count). The molecule has 1 aromatic carbocycles. The van der Waals surface area contributed by atoms with Crippen molar-refractivity contribution in [3.05, 3.63) is 65.7 Å². The van der Waals surface area contributed by atoms with Gasteiger partial charge >= 0.3 is 6.18 Å². The van der Waals surface area contributed by atoms with Gasteiger partial charge in [0.15, 0.2) is 5.65 Å². The predicted octanol–water partition coefficient (Wildman–Crippen LogP) is 4.19. The number of hydrogen-bond donors (Lipinski definition) is 1. The Bertz CT molecular complexity index is 1240. The van der Waals surface area contributed by atoms with E-state index < -0.39 is 17.6 Å². The van der Waals surface area contributed by atoms with Crippen LogP contribution in [-0.2, 0) is 12.7 Å². The normalized spacial score (nSPS) is 11.8. The number of fused-ring (bicyclic) bond motifs is 1. The van der Waals surface area contributed by atoms with E-state index in [9.17, 15) is 18.0 Å². The van der Waals surface area contributed by atoms with Crippen molar-refractivity contribution in [2.75, 3.05) is 5.32 Å². The number of para-hydroxylation sites is 1. The van der Waals surface area contributed by atoms with Crippen molar-refractivity contribution in [2.24, 2.45) is 0 Å². The topological polar surface area (TPSA) is 77.1 Å². The minimum absolute atomic E-state index is 0.0642. The molecule has 10 heteroatoms. The van der Waals surface area contributed by atoms with E-state index >= 15 is 0 Å². The van der Waals surface area contributed by atoms with Crippen molar-refractivity contribution < 1.29 is 18.0 Å². The van der Waals surface area contributed by atoms with Gasteiger partial charge in [0.2, 0.25) is 0 Å². The fraction of sp³-hybridized carbons (Fsp3) is 0.200. The van der Waals surface area contributed by atoms with Gasteiger partial charge in [0.25, 0.3) is 5.91 Å². The second-order valence-corrected chi connectivity index (χ2v) is 6.61. The second kappa shape index (κ2) is 7.29. The number of hydrogen-bond acceptors (Lipinski definition) is 4. The van der Waals surface area contributed by atoms with E-state index in [0.29, 0.717) is 12.2 Å². The average Bonchev–Trinajstić information content (AvgIpc) is 3.31. The highest BCUT2D eigenvalue weighted by Crippen LogP contribution is 2.35. The molecule has 154 valence electrons. The molecule has 30 heavy (non-hydrogen) atoms. The Morgan fingerprint density at radius 1 is 1.20 bits per heavy atom. The maximum absolute atomic E-state index is 13.2. The van der Waals surface area contributed by atoms with Gasteiger partial charge in [-0.25, -0.2) is 9.50 Å². The number of halogens is 3. The number of carbonyl (C=O) groups excluding carboxylic acids is 1. The van der Waals surface area contributed by atoms with Gasteiger partial charge in [-0.3, -0.25) is 9.48 Å². The number of amides is 1. The van der Waals surface area contributed by atoms with Crippen molar-refractivity contribution in [1.82, 2.24) is 24.4 Å². The molecule has 0 saturated carbocycles. The Balaban J connectivity index is 1.73. The first kappa shape index (κ1) is 19.6. The summed E-state index contributed by atoms with van der Waals surface area (Å²) in [5, 5.41) is 11.0. The lowest BCUT2D eigenvalue weighted by Crippen LogP contribution is -2.16. The molecule has 3 heterocycles. The lowest BCUT2D eigenvalue weighted by atomic mass is 10.1. The van der Waals surface area contributed by atoms with Crippen LogP contribution >= 0.6 is 0 Å². The molecule has 4 aromatic rings. The molecule has 0 atom stereocenters. The molecule has 1 N–H and O–H groups in total. The Labute approximate surface area is 169 Å². The first-order valence-electron chi connectivity index (χ1n) is 9.14. The summed E-state index contributed by atoms with van der Waals surface area (Å²) in [5.74, 6) is -0.729. The number of alkyl halides is 3. The van der Waals surface area contributed by atoms with Crippen LogP contribution in [0.2, 0.25) is 0 Å². The summed E-state index contributed by atoms with van der Waals surface area (Å²) < 4.78 is 42.9. The maximum atomic E-state index is 13.2. The fourth-order valence-electron chi connectivity index (χ4n) is 3.22. The van der Waals surface area contributed by atoms with Crippen LogP contribution in [0, 0.1) is 6.92 Å². The van der Waals surface area contributed by atoms with Gasteiger partial charge in [0.1, 0.15) is 5.56 Å². The van der Waals surface area contributed by atoms with Crippen molar-refractivity contribution in [2.45, 2.75) is 26.6 Å². The summed E-state index contributed by atoms with van der Waals surface area (Å²) in [7, 11) is 0. The van der Waals surface area contributed by atoms with Gasteiger partial charge in [-0.1, -0.05) is 12.1 Å². The van der Waals surface area contributed by atoms with E-state index in [4.69, 9.17) is 0 Å². The molecule has 7 nitrogen and oxygen atoms in total. The highest BCUT2D eigenvalue weighted by atomic mass is 19.4. The zero-order valence-electron chi connectivity index (χ0n) is 16.1. The number of aryl methyl sites for hydroxylation is 2. The van der Waals surface area contributed by atoms with Crippen LogP contribution in [-0.4, -0.2) is 30.3 Å². The van der Waals surface area contributed by atoms with E-state index in [2.05, 4.69) is 20.5 Å². The summed E-state index contributed by atoms with van der Waals surface area (Å²) in [4.78, 5) is 17.0. The third-order valence-electron chi connectivity index (χ3n) is 4.67. The van der Waals surface area contributed by atoms with E-state index in [1.54, 1.807) is 10.7 Å². The standard InChI is InChI=1S/C20H17F3N6O/c1-3-28-11-14(12(2)27-28)17-8-9-24-18-13(10-25-29(17)18)19(30)26-16-7-5-4-6-15(16)20(21,22)23/h4-11H,3H2,1-2H3,(H,26,30). The van der Waals surface area contributed by atoms with E-state index in [0.717, 1.165) is 17.3 Å². The van der Waals surface area contributed by atoms with Crippen LogP contribution in [0.5, 0.6) is 0 Å². The monoisotopic (exact) mass is 414 g/mol. The van der Waals surface area contributed by atoms with Crippen LogP contribution in [0.3, 0.4) is 0 Å². The third kappa shape index (κ3) is 3.40. The second-order valence-electron chi connectivity index (χ2n) is 6.61. The third-order valence-corrected chi connectivity index (χ3v) is 4.67. The Morgan fingerprint density at radius 2 is 1.97 bits per heavy atom. The molecule has 0 unspecified atom stereocenters. The molecular weight excluding hydrogens is 397 g/mol. The molecule has 0 aliphatic heterocycles. The smallest absolute Gasteiger partial charge is 0.321 e. The van der Waals surface area contributed by atoms with Gasteiger partial charge in [0, 0.05) is 24.5 Å². The molecule has 0 radical (unpaired) electrons. The SMILES string of the molecule is CCn1cc(-c2ccnc3c(C(=O)Nc4ccccc4C(F)(F)F)cnn23)c(C)n1. The largest absolute Gasteiger partial charge is 0.418 e. The number of aromatic nitrogens is 5. The summed E-state index contributed by atoms with van der Waals surface area (Å²) >= 11 is 0. The number of carbonyl (C=O) groups is 1. The quantitative estimate of drug-likeness (QED) is 0.543. The fourth-order valence-corrected chi connectivity index (χ4v) is 3.22. The minimum atomic E-state index is -4.59. The number of nitrogens with one attached hydrogen (secondary N) is 1.